The molecule has 4 nitrogen and oxygen atoms in total. The molecule has 130 valence electrons. The maximum Gasteiger partial charge on any atom is 0.353 e. The van der Waals surface area contributed by atoms with Gasteiger partial charge in [0.25, 0.3) is 0 Å². The van der Waals surface area contributed by atoms with E-state index >= 15 is 0 Å². The Hall–Kier alpha value is -3.32. The molecule has 1 aromatic heterocycles. The summed E-state index contributed by atoms with van der Waals surface area (Å²) in [6.07, 6.45) is 1.56. The van der Waals surface area contributed by atoms with Gasteiger partial charge in [0.05, 0.1) is 5.56 Å². The monoisotopic (exact) mass is 344 g/mol. The summed E-state index contributed by atoms with van der Waals surface area (Å²) >= 11 is 0. The molecule has 26 heavy (non-hydrogen) atoms. The van der Waals surface area contributed by atoms with Gasteiger partial charge < -0.3 is 9.67 Å². The Kier molecular flexibility index (Phi) is 4.64. The van der Waals surface area contributed by atoms with Gasteiger partial charge in [-0.05, 0) is 28.2 Å². The number of carboxylic acids is 1. The van der Waals surface area contributed by atoms with E-state index < -0.39 is 5.97 Å². The Morgan fingerprint density at radius 3 is 2.27 bits per heavy atom. The van der Waals surface area contributed by atoms with Gasteiger partial charge in [0.1, 0.15) is 11.8 Å². The lowest BCUT2D eigenvalue weighted by molar-refractivity contribution is 0.0687. The highest BCUT2D eigenvalue weighted by Gasteiger charge is 2.21. The normalized spacial score (nSPS) is 10.7. The number of nitriles is 1. The van der Waals surface area contributed by atoms with E-state index in [1.54, 1.807) is 13.2 Å². The van der Waals surface area contributed by atoms with Crippen LogP contribution in [0.5, 0.6) is 0 Å². The smallest absolute Gasteiger partial charge is 0.353 e. The molecule has 2 aromatic carbocycles. The average Bonchev–Trinajstić information content (AvgIpc) is 2.98. The van der Waals surface area contributed by atoms with Crippen molar-refractivity contribution in [1.82, 2.24) is 4.57 Å². The highest BCUT2D eigenvalue weighted by Crippen LogP contribution is 2.33. The maximum absolute atomic E-state index is 11.6. The number of hydrogen-bond donors (Lipinski definition) is 1. The van der Waals surface area contributed by atoms with Gasteiger partial charge in [-0.2, -0.15) is 5.26 Å². The number of hydrogen-bond acceptors (Lipinski definition) is 2. The topological polar surface area (TPSA) is 66.0 Å². The minimum atomic E-state index is -1.04. The quantitative estimate of drug-likeness (QED) is 0.720. The summed E-state index contributed by atoms with van der Waals surface area (Å²) in [6.45, 7) is 4.32. The Bertz CT molecular complexity index is 1010. The Labute approximate surface area is 153 Å². The van der Waals surface area contributed by atoms with Gasteiger partial charge in [0, 0.05) is 18.8 Å². The molecular weight excluding hydrogens is 324 g/mol. The van der Waals surface area contributed by atoms with Crippen molar-refractivity contribution >= 4 is 5.97 Å². The second-order valence-electron chi connectivity index (χ2n) is 6.61. The van der Waals surface area contributed by atoms with E-state index in [2.05, 4.69) is 32.0 Å². The number of benzene rings is 2. The second kappa shape index (κ2) is 6.89. The van der Waals surface area contributed by atoms with Gasteiger partial charge in [0.15, 0.2) is 0 Å². The van der Waals surface area contributed by atoms with E-state index in [9.17, 15) is 15.2 Å². The fraction of sp³-hybridized carbons (Fsp3) is 0.182. The third-order valence-electron chi connectivity index (χ3n) is 4.57. The number of aromatic nitrogens is 1. The highest BCUT2D eigenvalue weighted by atomic mass is 16.4. The number of rotatable bonds is 4. The van der Waals surface area contributed by atoms with E-state index in [1.807, 2.05) is 36.4 Å². The molecule has 0 bridgehead atoms. The molecule has 0 fully saturated rings. The van der Waals surface area contributed by atoms with Gasteiger partial charge in [-0.3, -0.25) is 0 Å². The summed E-state index contributed by atoms with van der Waals surface area (Å²) in [7, 11) is 1.64. The van der Waals surface area contributed by atoms with Crippen LogP contribution in [0.15, 0.2) is 54.7 Å². The van der Waals surface area contributed by atoms with Crippen LogP contribution in [0, 0.1) is 11.3 Å². The first-order valence-electron chi connectivity index (χ1n) is 8.46. The van der Waals surface area contributed by atoms with Crippen LogP contribution >= 0.6 is 0 Å². The summed E-state index contributed by atoms with van der Waals surface area (Å²) in [4.78, 5) is 11.6. The summed E-state index contributed by atoms with van der Waals surface area (Å²) in [5, 5.41) is 18.9. The molecule has 1 heterocycles. The summed E-state index contributed by atoms with van der Waals surface area (Å²) in [5.41, 5.74) is 5.18. The molecule has 0 saturated carbocycles. The minimum absolute atomic E-state index is 0.122. The number of carbonyl (C=O) groups is 1. The molecule has 0 aliphatic carbocycles. The lowest BCUT2D eigenvalue weighted by Gasteiger charge is -2.13. The van der Waals surface area contributed by atoms with E-state index in [4.69, 9.17) is 0 Å². The highest BCUT2D eigenvalue weighted by molar-refractivity contribution is 5.97. The zero-order valence-corrected chi connectivity index (χ0v) is 15.0. The van der Waals surface area contributed by atoms with Crippen LogP contribution < -0.4 is 0 Å². The SMILES string of the molecule is CC(C)c1ccccc1-c1ccc(-c2c(C#N)cn(C)c2C(=O)O)cc1. The standard InChI is InChI=1S/C22H20N2O2/c1-14(2)18-6-4-5-7-19(18)15-8-10-16(11-9-15)20-17(12-23)13-24(3)21(20)22(25)26/h4-11,13-14H,1-3H3,(H,25,26). The molecule has 0 amide bonds. The van der Waals surface area contributed by atoms with Crippen LogP contribution in [0.2, 0.25) is 0 Å². The number of carboxylic acid groups (broad SMARTS) is 1. The Morgan fingerprint density at radius 1 is 1.08 bits per heavy atom. The van der Waals surface area contributed by atoms with Crippen LogP contribution in [0.25, 0.3) is 22.3 Å². The fourth-order valence-corrected chi connectivity index (χ4v) is 3.34. The van der Waals surface area contributed by atoms with Gasteiger partial charge in [-0.25, -0.2) is 4.79 Å². The minimum Gasteiger partial charge on any atom is -0.477 e. The third-order valence-corrected chi connectivity index (χ3v) is 4.57. The first-order chi connectivity index (χ1) is 12.4. The third kappa shape index (κ3) is 3.00. The molecule has 0 aliphatic rings. The molecule has 0 radical (unpaired) electrons. The van der Waals surface area contributed by atoms with Crippen LogP contribution in [0.4, 0.5) is 0 Å². The molecule has 0 atom stereocenters. The van der Waals surface area contributed by atoms with Gasteiger partial charge in [-0.1, -0.05) is 62.4 Å². The maximum atomic E-state index is 11.6. The van der Waals surface area contributed by atoms with Crippen LogP contribution in [-0.2, 0) is 7.05 Å². The van der Waals surface area contributed by atoms with Crippen molar-refractivity contribution in [2.45, 2.75) is 19.8 Å². The molecule has 3 rings (SSSR count). The lowest BCUT2D eigenvalue weighted by Crippen LogP contribution is -2.05. The van der Waals surface area contributed by atoms with Gasteiger partial charge >= 0.3 is 5.97 Å². The van der Waals surface area contributed by atoms with Crippen LogP contribution in [-0.4, -0.2) is 15.6 Å². The number of aromatic carboxylic acids is 1. The van der Waals surface area contributed by atoms with E-state index in [0.29, 0.717) is 17.0 Å². The first kappa shape index (κ1) is 17.5. The molecular formula is C22H20N2O2. The molecule has 0 spiro atoms. The van der Waals surface area contributed by atoms with Crippen LogP contribution in [0.1, 0.15) is 41.4 Å². The van der Waals surface area contributed by atoms with Gasteiger partial charge in [-0.15, -0.1) is 0 Å². The predicted molar refractivity (Wildman–Crippen MR) is 102 cm³/mol. The van der Waals surface area contributed by atoms with E-state index in [1.165, 1.54) is 15.7 Å². The van der Waals surface area contributed by atoms with Crippen molar-refractivity contribution in [3.63, 3.8) is 0 Å². The van der Waals surface area contributed by atoms with Gasteiger partial charge in [0.2, 0.25) is 0 Å². The van der Waals surface area contributed by atoms with E-state index in [0.717, 1.165) is 11.1 Å². The van der Waals surface area contributed by atoms with Crippen molar-refractivity contribution in [1.29, 1.82) is 5.26 Å². The van der Waals surface area contributed by atoms with Crippen molar-refractivity contribution in [2.24, 2.45) is 7.05 Å². The second-order valence-corrected chi connectivity index (χ2v) is 6.61. The Balaban J connectivity index is 2.11. The number of nitrogens with zero attached hydrogens (tertiary/aromatic N) is 2. The Morgan fingerprint density at radius 2 is 1.69 bits per heavy atom. The fourth-order valence-electron chi connectivity index (χ4n) is 3.34. The zero-order valence-electron chi connectivity index (χ0n) is 15.0. The summed E-state index contributed by atoms with van der Waals surface area (Å²) in [6, 6.07) is 18.1. The van der Waals surface area contributed by atoms with Crippen molar-refractivity contribution in [3.05, 3.63) is 71.5 Å². The van der Waals surface area contributed by atoms with Crippen molar-refractivity contribution in [3.8, 4) is 28.3 Å². The zero-order chi connectivity index (χ0) is 18.8. The van der Waals surface area contributed by atoms with Crippen molar-refractivity contribution < 1.29 is 9.90 Å². The lowest BCUT2D eigenvalue weighted by atomic mass is 9.91. The molecule has 1 N–H and O–H groups in total. The molecule has 0 aliphatic heterocycles. The first-order valence-corrected chi connectivity index (χ1v) is 8.46. The summed E-state index contributed by atoms with van der Waals surface area (Å²) < 4.78 is 1.48. The van der Waals surface area contributed by atoms with Crippen LogP contribution in [0.3, 0.4) is 0 Å². The molecule has 0 unspecified atom stereocenters. The van der Waals surface area contributed by atoms with Crippen molar-refractivity contribution in [2.75, 3.05) is 0 Å². The number of aryl methyl sites for hydroxylation is 1. The van der Waals surface area contributed by atoms with E-state index in [-0.39, 0.29) is 5.69 Å². The molecule has 0 saturated heterocycles. The predicted octanol–water partition coefficient (Wildman–Crippen LogP) is 5.05. The largest absolute Gasteiger partial charge is 0.477 e. The average molecular weight is 344 g/mol. The molecule has 4 heteroatoms. The molecule has 3 aromatic rings. The summed E-state index contributed by atoms with van der Waals surface area (Å²) in [5.74, 6) is -0.637.